The van der Waals surface area contributed by atoms with Crippen molar-refractivity contribution < 1.29 is 9.53 Å². The fraction of sp³-hybridized carbons (Fsp3) is 0.833. The van der Waals surface area contributed by atoms with Gasteiger partial charge in [-0.1, -0.05) is 0 Å². The van der Waals surface area contributed by atoms with Crippen molar-refractivity contribution in [2.24, 2.45) is 0 Å². The molecule has 1 heterocycles. The van der Waals surface area contributed by atoms with Gasteiger partial charge < -0.3 is 9.64 Å². The molecule has 0 spiro atoms. The normalized spacial score (nSPS) is 24.3. The van der Waals surface area contributed by atoms with E-state index in [1.165, 1.54) is 0 Å². The molecular weight excluding hydrogens is 118 g/mol. The van der Waals surface area contributed by atoms with Crippen molar-refractivity contribution in [3.63, 3.8) is 0 Å². The summed E-state index contributed by atoms with van der Waals surface area (Å²) in [5.41, 5.74) is -0.114. The predicted molar refractivity (Wildman–Crippen MR) is 33.2 cm³/mol. The smallest absolute Gasteiger partial charge is 0.410 e. The maximum Gasteiger partial charge on any atom is 0.410 e. The average Bonchev–Trinajstić information content (AvgIpc) is 1.97. The van der Waals surface area contributed by atoms with Crippen LogP contribution in [0.3, 0.4) is 0 Å². The fourth-order valence-electron chi connectivity index (χ4n) is 0.679. The van der Waals surface area contributed by atoms with Gasteiger partial charge >= 0.3 is 6.09 Å². The Bertz CT molecular complexity index is 142. The average molecular weight is 129 g/mol. The van der Waals surface area contributed by atoms with Gasteiger partial charge in [0.15, 0.2) is 0 Å². The van der Waals surface area contributed by atoms with Gasteiger partial charge in [0, 0.05) is 7.05 Å². The van der Waals surface area contributed by atoms with E-state index < -0.39 is 0 Å². The lowest BCUT2D eigenvalue weighted by molar-refractivity contribution is 0.163. The molecule has 9 heavy (non-hydrogen) atoms. The van der Waals surface area contributed by atoms with E-state index in [-0.39, 0.29) is 11.6 Å². The first kappa shape index (κ1) is 6.39. The molecule has 0 saturated carbocycles. The Morgan fingerprint density at radius 1 is 1.67 bits per heavy atom. The van der Waals surface area contributed by atoms with E-state index in [1.807, 2.05) is 13.8 Å². The van der Waals surface area contributed by atoms with Crippen LogP contribution in [0.4, 0.5) is 4.79 Å². The van der Waals surface area contributed by atoms with Crippen molar-refractivity contribution in [3.8, 4) is 0 Å². The fourth-order valence-corrected chi connectivity index (χ4v) is 0.679. The molecule has 0 aromatic heterocycles. The summed E-state index contributed by atoms with van der Waals surface area (Å²) < 4.78 is 4.77. The Morgan fingerprint density at radius 2 is 2.22 bits per heavy atom. The highest BCUT2D eigenvalue weighted by Crippen LogP contribution is 2.20. The highest BCUT2D eigenvalue weighted by atomic mass is 16.6. The van der Waals surface area contributed by atoms with Gasteiger partial charge in [-0.15, -0.1) is 0 Å². The van der Waals surface area contributed by atoms with Gasteiger partial charge in [-0.25, -0.2) is 4.79 Å². The molecule has 1 fully saturated rings. The summed E-state index contributed by atoms with van der Waals surface area (Å²) in [5.74, 6) is 0. The van der Waals surface area contributed by atoms with Crippen LogP contribution in [-0.4, -0.2) is 30.2 Å². The molecule has 52 valence electrons. The van der Waals surface area contributed by atoms with Crippen molar-refractivity contribution >= 4 is 6.09 Å². The topological polar surface area (TPSA) is 29.5 Å². The summed E-state index contributed by atoms with van der Waals surface area (Å²) in [7, 11) is 1.75. The van der Waals surface area contributed by atoms with Crippen LogP contribution in [0.5, 0.6) is 0 Å². The molecule has 1 saturated heterocycles. The van der Waals surface area contributed by atoms with E-state index in [4.69, 9.17) is 4.74 Å². The number of hydrogen-bond donors (Lipinski definition) is 0. The molecule has 0 unspecified atom stereocenters. The molecular formula is C6H11NO2. The first-order valence-electron chi connectivity index (χ1n) is 2.94. The molecule has 0 atom stereocenters. The number of carbonyl (C=O) groups excluding carboxylic acids is 1. The highest BCUT2D eigenvalue weighted by Gasteiger charge is 2.36. The first-order valence-corrected chi connectivity index (χ1v) is 2.94. The zero-order valence-corrected chi connectivity index (χ0v) is 5.97. The van der Waals surface area contributed by atoms with Gasteiger partial charge in [0.1, 0.15) is 6.61 Å². The number of likely N-dealkylation sites (N-methyl/N-ethyl adjacent to an activating group) is 1. The standard InChI is InChI=1S/C6H11NO2/c1-6(2)4-9-5(8)7(6)3/h4H2,1-3H3. The van der Waals surface area contributed by atoms with Gasteiger partial charge in [0.2, 0.25) is 0 Å². The highest BCUT2D eigenvalue weighted by molar-refractivity contribution is 5.70. The number of carbonyl (C=O) groups is 1. The second kappa shape index (κ2) is 1.62. The van der Waals surface area contributed by atoms with Crippen LogP contribution in [0.15, 0.2) is 0 Å². The number of amides is 1. The molecule has 3 heteroatoms. The first-order chi connectivity index (χ1) is 4.04. The summed E-state index contributed by atoms with van der Waals surface area (Å²) >= 11 is 0. The van der Waals surface area contributed by atoms with Crippen molar-refractivity contribution in [1.29, 1.82) is 0 Å². The number of ether oxygens (including phenoxy) is 1. The van der Waals surface area contributed by atoms with Gasteiger partial charge in [0.25, 0.3) is 0 Å². The SMILES string of the molecule is CN1C(=O)OCC1(C)C. The minimum atomic E-state index is -0.222. The molecule has 0 aromatic carbocycles. The van der Waals surface area contributed by atoms with Crippen LogP contribution in [0.1, 0.15) is 13.8 Å². The molecule has 0 radical (unpaired) electrons. The lowest BCUT2D eigenvalue weighted by atomic mass is 10.1. The van der Waals surface area contributed by atoms with E-state index in [0.29, 0.717) is 6.61 Å². The number of cyclic esters (lactones) is 1. The lowest BCUT2D eigenvalue weighted by Crippen LogP contribution is -2.38. The Labute approximate surface area is 54.6 Å². The molecule has 1 amide bonds. The van der Waals surface area contributed by atoms with Crippen LogP contribution in [0.25, 0.3) is 0 Å². The molecule has 3 nitrogen and oxygen atoms in total. The van der Waals surface area contributed by atoms with Crippen LogP contribution in [0, 0.1) is 0 Å². The van der Waals surface area contributed by atoms with Crippen LogP contribution >= 0.6 is 0 Å². The summed E-state index contributed by atoms with van der Waals surface area (Å²) in [6, 6.07) is 0. The second-order valence-corrected chi connectivity index (χ2v) is 2.93. The Hall–Kier alpha value is -0.730. The summed E-state index contributed by atoms with van der Waals surface area (Å²) in [6.07, 6.45) is -0.222. The van der Waals surface area contributed by atoms with Gasteiger partial charge in [-0.2, -0.15) is 0 Å². The summed E-state index contributed by atoms with van der Waals surface area (Å²) in [5, 5.41) is 0. The lowest BCUT2D eigenvalue weighted by Gasteiger charge is -2.22. The molecule has 0 N–H and O–H groups in total. The minimum Gasteiger partial charge on any atom is -0.447 e. The molecule has 1 aliphatic rings. The van der Waals surface area contributed by atoms with Crippen molar-refractivity contribution in [1.82, 2.24) is 4.90 Å². The van der Waals surface area contributed by atoms with E-state index >= 15 is 0 Å². The number of nitrogens with zero attached hydrogens (tertiary/aromatic N) is 1. The number of hydrogen-bond acceptors (Lipinski definition) is 2. The molecule has 0 aromatic rings. The summed E-state index contributed by atoms with van der Waals surface area (Å²) in [4.78, 5) is 12.3. The third-order valence-corrected chi connectivity index (χ3v) is 1.73. The zero-order chi connectivity index (χ0) is 7.07. The van der Waals surface area contributed by atoms with Gasteiger partial charge in [-0.05, 0) is 13.8 Å². The van der Waals surface area contributed by atoms with Gasteiger partial charge in [-0.3, -0.25) is 0 Å². The van der Waals surface area contributed by atoms with Crippen LogP contribution in [-0.2, 0) is 4.74 Å². The molecule has 1 aliphatic heterocycles. The number of rotatable bonds is 0. The molecule has 0 aliphatic carbocycles. The zero-order valence-electron chi connectivity index (χ0n) is 5.97. The Morgan fingerprint density at radius 3 is 2.33 bits per heavy atom. The molecule has 1 rings (SSSR count). The maximum atomic E-state index is 10.7. The largest absolute Gasteiger partial charge is 0.447 e. The Balaban J connectivity index is 2.73. The summed E-state index contributed by atoms with van der Waals surface area (Å²) in [6.45, 7) is 4.44. The van der Waals surface area contributed by atoms with E-state index in [2.05, 4.69) is 0 Å². The third-order valence-electron chi connectivity index (χ3n) is 1.73. The Kier molecular flexibility index (Phi) is 1.15. The van der Waals surface area contributed by atoms with E-state index in [0.717, 1.165) is 0 Å². The minimum absolute atomic E-state index is 0.114. The maximum absolute atomic E-state index is 10.7. The van der Waals surface area contributed by atoms with Crippen molar-refractivity contribution in [2.75, 3.05) is 13.7 Å². The van der Waals surface area contributed by atoms with Crippen LogP contribution < -0.4 is 0 Å². The van der Waals surface area contributed by atoms with Crippen LogP contribution in [0.2, 0.25) is 0 Å². The third kappa shape index (κ3) is 0.866. The quantitative estimate of drug-likeness (QED) is 0.485. The van der Waals surface area contributed by atoms with Crippen molar-refractivity contribution in [3.05, 3.63) is 0 Å². The second-order valence-electron chi connectivity index (χ2n) is 2.93. The van der Waals surface area contributed by atoms with Crippen molar-refractivity contribution in [2.45, 2.75) is 19.4 Å². The predicted octanol–water partition coefficient (Wildman–Crippen LogP) is 0.847. The monoisotopic (exact) mass is 129 g/mol. The molecule has 0 bridgehead atoms. The van der Waals surface area contributed by atoms with Gasteiger partial charge in [0.05, 0.1) is 5.54 Å². The van der Waals surface area contributed by atoms with E-state index in [9.17, 15) is 4.79 Å². The van der Waals surface area contributed by atoms with E-state index in [1.54, 1.807) is 11.9 Å².